The standard InChI is InChI=1S/C9H18N2O/c1-9(2,3)11-6-5-10(4)7-8(11)12/h5-7H2,1-4H3. The molecule has 3 heteroatoms. The molecule has 1 fully saturated rings. The molecule has 0 aromatic heterocycles. The number of likely N-dealkylation sites (N-methyl/N-ethyl adjacent to an activating group) is 1. The van der Waals surface area contributed by atoms with Crippen molar-refractivity contribution in [2.45, 2.75) is 26.3 Å². The molecule has 70 valence electrons. The average Bonchev–Trinajstić information content (AvgIpc) is 1.83. The number of nitrogens with zero attached hydrogens (tertiary/aromatic N) is 2. The van der Waals surface area contributed by atoms with E-state index >= 15 is 0 Å². The fraction of sp³-hybridized carbons (Fsp3) is 0.889. The molecule has 1 heterocycles. The minimum Gasteiger partial charge on any atom is -0.335 e. The fourth-order valence-electron chi connectivity index (χ4n) is 1.50. The highest BCUT2D eigenvalue weighted by molar-refractivity contribution is 5.79. The molecule has 1 saturated heterocycles. The lowest BCUT2D eigenvalue weighted by molar-refractivity contribution is -0.140. The molecule has 0 radical (unpaired) electrons. The van der Waals surface area contributed by atoms with E-state index in [1.165, 1.54) is 0 Å². The Hall–Kier alpha value is -0.570. The lowest BCUT2D eigenvalue weighted by Gasteiger charge is -2.41. The van der Waals surface area contributed by atoms with Crippen molar-refractivity contribution in [3.05, 3.63) is 0 Å². The summed E-state index contributed by atoms with van der Waals surface area (Å²) in [4.78, 5) is 15.5. The Labute approximate surface area is 74.3 Å². The van der Waals surface area contributed by atoms with Gasteiger partial charge in [0, 0.05) is 18.6 Å². The summed E-state index contributed by atoms with van der Waals surface area (Å²) in [7, 11) is 1.98. The highest BCUT2D eigenvalue weighted by Gasteiger charge is 2.29. The Morgan fingerprint density at radius 1 is 1.25 bits per heavy atom. The summed E-state index contributed by atoms with van der Waals surface area (Å²) in [5.74, 6) is 0.247. The zero-order valence-corrected chi connectivity index (χ0v) is 8.42. The van der Waals surface area contributed by atoms with Gasteiger partial charge in [-0.2, -0.15) is 0 Å². The van der Waals surface area contributed by atoms with Gasteiger partial charge in [-0.25, -0.2) is 0 Å². The van der Waals surface area contributed by atoms with E-state index in [1.54, 1.807) is 0 Å². The number of amides is 1. The molecule has 0 saturated carbocycles. The first kappa shape index (κ1) is 9.52. The maximum atomic E-state index is 11.5. The van der Waals surface area contributed by atoms with E-state index in [4.69, 9.17) is 0 Å². The van der Waals surface area contributed by atoms with Crippen LogP contribution < -0.4 is 0 Å². The molecule has 3 nitrogen and oxygen atoms in total. The first-order valence-corrected chi connectivity index (χ1v) is 4.40. The number of hydrogen-bond acceptors (Lipinski definition) is 2. The van der Waals surface area contributed by atoms with Gasteiger partial charge in [0.1, 0.15) is 0 Å². The van der Waals surface area contributed by atoms with Crippen molar-refractivity contribution < 1.29 is 4.79 Å². The van der Waals surface area contributed by atoms with Crippen LogP contribution in [0.15, 0.2) is 0 Å². The second kappa shape index (κ2) is 3.05. The summed E-state index contributed by atoms with van der Waals surface area (Å²) in [6, 6.07) is 0. The van der Waals surface area contributed by atoms with Crippen LogP contribution in [0, 0.1) is 0 Å². The summed E-state index contributed by atoms with van der Waals surface area (Å²) in [6.07, 6.45) is 0. The maximum absolute atomic E-state index is 11.5. The molecular formula is C9H18N2O. The first-order valence-electron chi connectivity index (χ1n) is 4.40. The molecule has 1 amide bonds. The molecule has 0 aliphatic carbocycles. The van der Waals surface area contributed by atoms with Crippen LogP contribution in [0.5, 0.6) is 0 Å². The summed E-state index contributed by atoms with van der Waals surface area (Å²) in [6.45, 7) is 8.65. The van der Waals surface area contributed by atoms with Gasteiger partial charge >= 0.3 is 0 Å². The van der Waals surface area contributed by atoms with Gasteiger partial charge in [0.25, 0.3) is 0 Å². The molecule has 1 aliphatic rings. The van der Waals surface area contributed by atoms with Crippen LogP contribution in [0.2, 0.25) is 0 Å². The minimum atomic E-state index is -0.0155. The molecule has 1 rings (SSSR count). The predicted octanol–water partition coefficient (Wildman–Crippen LogP) is 0.559. The Kier molecular flexibility index (Phi) is 2.42. The van der Waals surface area contributed by atoms with Crippen molar-refractivity contribution in [2.75, 3.05) is 26.7 Å². The number of rotatable bonds is 0. The van der Waals surface area contributed by atoms with E-state index in [0.717, 1.165) is 13.1 Å². The predicted molar refractivity (Wildman–Crippen MR) is 49.0 cm³/mol. The van der Waals surface area contributed by atoms with Crippen LogP contribution in [-0.2, 0) is 4.79 Å². The lowest BCUT2D eigenvalue weighted by atomic mass is 10.0. The molecule has 0 aromatic carbocycles. The SMILES string of the molecule is CN1CCN(C(C)(C)C)C(=O)C1. The van der Waals surface area contributed by atoms with Gasteiger partial charge in [-0.3, -0.25) is 9.69 Å². The number of hydrogen-bond donors (Lipinski definition) is 0. The molecule has 0 spiro atoms. The number of piperazine rings is 1. The van der Waals surface area contributed by atoms with Gasteiger partial charge in [0.2, 0.25) is 5.91 Å². The highest BCUT2D eigenvalue weighted by atomic mass is 16.2. The third-order valence-electron chi connectivity index (χ3n) is 2.22. The van der Waals surface area contributed by atoms with Crippen molar-refractivity contribution >= 4 is 5.91 Å². The van der Waals surface area contributed by atoms with Crippen molar-refractivity contribution in [1.82, 2.24) is 9.80 Å². The van der Waals surface area contributed by atoms with Crippen LogP contribution in [0.25, 0.3) is 0 Å². The van der Waals surface area contributed by atoms with Crippen molar-refractivity contribution in [3.8, 4) is 0 Å². The van der Waals surface area contributed by atoms with Gasteiger partial charge in [-0.05, 0) is 27.8 Å². The molecule has 0 bridgehead atoms. The second-order valence-electron chi connectivity index (χ2n) is 4.45. The summed E-state index contributed by atoms with van der Waals surface area (Å²) in [5.41, 5.74) is -0.0155. The highest BCUT2D eigenvalue weighted by Crippen LogP contribution is 2.15. The van der Waals surface area contributed by atoms with Crippen molar-refractivity contribution in [1.29, 1.82) is 0 Å². The van der Waals surface area contributed by atoms with Crippen LogP contribution >= 0.6 is 0 Å². The van der Waals surface area contributed by atoms with E-state index in [9.17, 15) is 4.79 Å². The molecule has 0 N–H and O–H groups in total. The van der Waals surface area contributed by atoms with E-state index in [-0.39, 0.29) is 11.4 Å². The van der Waals surface area contributed by atoms with E-state index < -0.39 is 0 Å². The largest absolute Gasteiger partial charge is 0.335 e. The van der Waals surface area contributed by atoms with Gasteiger partial charge < -0.3 is 4.90 Å². The summed E-state index contributed by atoms with van der Waals surface area (Å²) >= 11 is 0. The third-order valence-corrected chi connectivity index (χ3v) is 2.22. The zero-order chi connectivity index (χ0) is 9.35. The lowest BCUT2D eigenvalue weighted by Crippen LogP contribution is -2.55. The molecule has 0 aromatic rings. The molecule has 0 atom stereocenters. The molecule has 1 aliphatic heterocycles. The number of carbonyl (C=O) groups excluding carboxylic acids is 1. The quantitative estimate of drug-likeness (QED) is 0.530. The second-order valence-corrected chi connectivity index (χ2v) is 4.45. The maximum Gasteiger partial charge on any atom is 0.237 e. The average molecular weight is 170 g/mol. The number of carbonyl (C=O) groups is 1. The summed E-state index contributed by atoms with van der Waals surface area (Å²) < 4.78 is 0. The van der Waals surface area contributed by atoms with Gasteiger partial charge in [0.05, 0.1) is 6.54 Å². The zero-order valence-electron chi connectivity index (χ0n) is 8.42. The molecular weight excluding hydrogens is 152 g/mol. The van der Waals surface area contributed by atoms with Gasteiger partial charge in [-0.15, -0.1) is 0 Å². The monoisotopic (exact) mass is 170 g/mol. The Balaban J connectivity index is 2.63. The first-order chi connectivity index (χ1) is 5.41. The van der Waals surface area contributed by atoms with Crippen LogP contribution in [0.1, 0.15) is 20.8 Å². The Morgan fingerprint density at radius 3 is 2.25 bits per heavy atom. The smallest absolute Gasteiger partial charge is 0.237 e. The molecule has 0 unspecified atom stereocenters. The van der Waals surface area contributed by atoms with Crippen LogP contribution in [0.3, 0.4) is 0 Å². The van der Waals surface area contributed by atoms with Crippen LogP contribution in [0.4, 0.5) is 0 Å². The van der Waals surface area contributed by atoms with Gasteiger partial charge in [0.15, 0.2) is 0 Å². The van der Waals surface area contributed by atoms with E-state index in [1.807, 2.05) is 11.9 Å². The van der Waals surface area contributed by atoms with Crippen molar-refractivity contribution in [2.24, 2.45) is 0 Å². The Bertz CT molecular complexity index is 183. The van der Waals surface area contributed by atoms with Gasteiger partial charge in [-0.1, -0.05) is 0 Å². The van der Waals surface area contributed by atoms with Crippen LogP contribution in [-0.4, -0.2) is 47.9 Å². The van der Waals surface area contributed by atoms with E-state index in [0.29, 0.717) is 6.54 Å². The summed E-state index contributed by atoms with van der Waals surface area (Å²) in [5, 5.41) is 0. The topological polar surface area (TPSA) is 23.6 Å². The molecule has 12 heavy (non-hydrogen) atoms. The minimum absolute atomic E-state index is 0.0155. The van der Waals surface area contributed by atoms with E-state index in [2.05, 4.69) is 25.7 Å². The Morgan fingerprint density at radius 2 is 1.83 bits per heavy atom. The fourth-order valence-corrected chi connectivity index (χ4v) is 1.50. The normalized spacial score (nSPS) is 21.7. The third kappa shape index (κ3) is 1.97. The van der Waals surface area contributed by atoms with Crippen molar-refractivity contribution in [3.63, 3.8) is 0 Å².